The van der Waals surface area contributed by atoms with Gasteiger partial charge in [-0.05, 0) is 37.5 Å². The third-order valence-electron chi connectivity index (χ3n) is 3.50. The number of aliphatic hydroxyl groups excluding tert-OH is 1. The molecule has 0 bridgehead atoms. The monoisotopic (exact) mass is 290 g/mol. The number of aliphatic hydroxyl groups is 1. The molecule has 0 atom stereocenters. The first kappa shape index (κ1) is 15.5. The summed E-state index contributed by atoms with van der Waals surface area (Å²) < 4.78 is 0. The first-order chi connectivity index (χ1) is 10.2. The van der Waals surface area contributed by atoms with E-state index in [2.05, 4.69) is 5.32 Å². The van der Waals surface area contributed by atoms with E-state index in [0.717, 1.165) is 19.3 Å². The van der Waals surface area contributed by atoms with Crippen LogP contribution in [0.1, 0.15) is 46.9 Å². The number of hydrogen-bond donors (Lipinski definition) is 2. The molecule has 0 heterocycles. The van der Waals surface area contributed by atoms with Crippen LogP contribution in [0.15, 0.2) is 24.3 Å². The fourth-order valence-electron chi connectivity index (χ4n) is 2.24. The lowest BCUT2D eigenvalue weighted by Gasteiger charge is -2.21. The molecule has 2 N–H and O–H groups in total. The summed E-state index contributed by atoms with van der Waals surface area (Å²) in [5.41, 5.74) is 0.994. The number of benzene rings is 1. The summed E-state index contributed by atoms with van der Waals surface area (Å²) >= 11 is 0. The van der Waals surface area contributed by atoms with Gasteiger partial charge >= 0.3 is 0 Å². The van der Waals surface area contributed by atoms with Crippen molar-refractivity contribution in [1.82, 2.24) is 10.2 Å². The lowest BCUT2D eigenvalue weighted by Crippen LogP contribution is -2.35. The molecule has 0 aliphatic heterocycles. The van der Waals surface area contributed by atoms with Crippen LogP contribution in [0.2, 0.25) is 0 Å². The molecule has 0 radical (unpaired) electrons. The number of carbonyl (C=O) groups excluding carboxylic acids is 2. The molecule has 1 aromatic carbocycles. The second kappa shape index (κ2) is 7.22. The number of hydrogen-bond acceptors (Lipinski definition) is 3. The Morgan fingerprint density at radius 1 is 1.33 bits per heavy atom. The lowest BCUT2D eigenvalue weighted by atomic mass is 10.1. The molecule has 2 amide bonds. The van der Waals surface area contributed by atoms with Crippen molar-refractivity contribution in [2.75, 3.05) is 19.7 Å². The molecule has 0 spiro atoms. The van der Waals surface area contributed by atoms with Crippen molar-refractivity contribution >= 4 is 11.8 Å². The van der Waals surface area contributed by atoms with Gasteiger partial charge in [-0.1, -0.05) is 13.0 Å². The molecule has 21 heavy (non-hydrogen) atoms. The number of amides is 2. The van der Waals surface area contributed by atoms with Crippen LogP contribution in [-0.2, 0) is 0 Å². The predicted octanol–water partition coefficient (Wildman–Crippen LogP) is 1.42. The normalized spacial score (nSPS) is 13.8. The number of carbonyl (C=O) groups is 2. The highest BCUT2D eigenvalue weighted by molar-refractivity contribution is 5.99. The summed E-state index contributed by atoms with van der Waals surface area (Å²) in [6.07, 6.45) is 2.85. The molecule has 1 fully saturated rings. The number of nitrogens with zero attached hydrogens (tertiary/aromatic N) is 1. The summed E-state index contributed by atoms with van der Waals surface area (Å²) in [5.74, 6) is -0.275. The van der Waals surface area contributed by atoms with E-state index in [1.54, 1.807) is 29.2 Å². The lowest BCUT2D eigenvalue weighted by molar-refractivity contribution is 0.0707. The van der Waals surface area contributed by atoms with E-state index >= 15 is 0 Å². The van der Waals surface area contributed by atoms with Crippen LogP contribution >= 0.6 is 0 Å². The molecule has 0 aromatic heterocycles. The fraction of sp³-hybridized carbons (Fsp3) is 0.500. The SMILES string of the molecule is CCCNC(=O)c1cccc(C(=O)N(CCO)C2CC2)c1. The fourth-order valence-corrected chi connectivity index (χ4v) is 2.24. The molecule has 5 heteroatoms. The second-order valence-corrected chi connectivity index (χ2v) is 5.29. The van der Waals surface area contributed by atoms with E-state index in [9.17, 15) is 9.59 Å². The van der Waals surface area contributed by atoms with Gasteiger partial charge in [0.15, 0.2) is 0 Å². The smallest absolute Gasteiger partial charge is 0.254 e. The molecule has 1 aromatic rings. The maximum Gasteiger partial charge on any atom is 0.254 e. The van der Waals surface area contributed by atoms with E-state index in [4.69, 9.17) is 5.11 Å². The second-order valence-electron chi connectivity index (χ2n) is 5.29. The van der Waals surface area contributed by atoms with Crippen LogP contribution in [0, 0.1) is 0 Å². The Bertz CT molecular complexity index is 512. The maximum atomic E-state index is 12.5. The van der Waals surface area contributed by atoms with Gasteiger partial charge in [0.05, 0.1) is 6.61 Å². The predicted molar refractivity (Wildman–Crippen MR) is 80.2 cm³/mol. The van der Waals surface area contributed by atoms with Crippen molar-refractivity contribution in [2.24, 2.45) is 0 Å². The van der Waals surface area contributed by atoms with E-state index in [0.29, 0.717) is 24.2 Å². The summed E-state index contributed by atoms with van der Waals surface area (Å²) in [6.45, 7) is 2.91. The summed E-state index contributed by atoms with van der Waals surface area (Å²) in [7, 11) is 0. The third-order valence-corrected chi connectivity index (χ3v) is 3.50. The quantitative estimate of drug-likeness (QED) is 0.798. The van der Waals surface area contributed by atoms with Crippen molar-refractivity contribution < 1.29 is 14.7 Å². The molecule has 1 aliphatic rings. The van der Waals surface area contributed by atoms with Crippen LogP contribution in [0.25, 0.3) is 0 Å². The Morgan fingerprint density at radius 3 is 2.67 bits per heavy atom. The zero-order valence-corrected chi connectivity index (χ0v) is 12.3. The Kier molecular flexibility index (Phi) is 5.33. The van der Waals surface area contributed by atoms with Crippen molar-refractivity contribution in [3.05, 3.63) is 35.4 Å². The minimum Gasteiger partial charge on any atom is -0.395 e. The molecule has 0 unspecified atom stereocenters. The molecule has 0 saturated heterocycles. The van der Waals surface area contributed by atoms with E-state index in [-0.39, 0.29) is 24.5 Å². The van der Waals surface area contributed by atoms with Gasteiger partial charge in [-0.3, -0.25) is 9.59 Å². The van der Waals surface area contributed by atoms with Gasteiger partial charge < -0.3 is 15.3 Å². The van der Waals surface area contributed by atoms with E-state index in [1.807, 2.05) is 6.92 Å². The van der Waals surface area contributed by atoms with Gasteiger partial charge in [0.25, 0.3) is 11.8 Å². The highest BCUT2D eigenvalue weighted by atomic mass is 16.3. The highest BCUT2D eigenvalue weighted by Gasteiger charge is 2.32. The largest absolute Gasteiger partial charge is 0.395 e. The Balaban J connectivity index is 2.12. The maximum absolute atomic E-state index is 12.5. The van der Waals surface area contributed by atoms with Crippen molar-refractivity contribution in [3.63, 3.8) is 0 Å². The molecule has 1 aliphatic carbocycles. The Labute approximate surface area is 125 Å². The van der Waals surface area contributed by atoms with Crippen LogP contribution in [0.3, 0.4) is 0 Å². The van der Waals surface area contributed by atoms with E-state index < -0.39 is 0 Å². The van der Waals surface area contributed by atoms with Gasteiger partial charge in [0, 0.05) is 30.3 Å². The molecular formula is C16H22N2O3. The van der Waals surface area contributed by atoms with Gasteiger partial charge in [-0.15, -0.1) is 0 Å². The topological polar surface area (TPSA) is 69.6 Å². The average molecular weight is 290 g/mol. The van der Waals surface area contributed by atoms with Gasteiger partial charge in [-0.25, -0.2) is 0 Å². The molecule has 5 nitrogen and oxygen atoms in total. The first-order valence-corrected chi connectivity index (χ1v) is 7.47. The summed E-state index contributed by atoms with van der Waals surface area (Å²) in [5, 5.41) is 11.9. The van der Waals surface area contributed by atoms with Gasteiger partial charge in [-0.2, -0.15) is 0 Å². The van der Waals surface area contributed by atoms with Crippen molar-refractivity contribution in [2.45, 2.75) is 32.2 Å². The zero-order chi connectivity index (χ0) is 15.2. The van der Waals surface area contributed by atoms with Crippen LogP contribution in [0.5, 0.6) is 0 Å². The minimum absolute atomic E-state index is 0.0427. The van der Waals surface area contributed by atoms with Gasteiger partial charge in [0.1, 0.15) is 0 Å². The molecule has 1 saturated carbocycles. The number of nitrogens with one attached hydrogen (secondary N) is 1. The Morgan fingerprint density at radius 2 is 2.05 bits per heavy atom. The van der Waals surface area contributed by atoms with Crippen LogP contribution in [-0.4, -0.2) is 47.6 Å². The molecule has 114 valence electrons. The molecular weight excluding hydrogens is 268 g/mol. The standard InChI is InChI=1S/C16H22N2O3/c1-2-8-17-15(20)12-4-3-5-13(11-12)16(21)18(9-10-19)14-6-7-14/h3-5,11,14,19H,2,6-10H2,1H3,(H,17,20). The van der Waals surface area contributed by atoms with E-state index in [1.165, 1.54) is 0 Å². The summed E-state index contributed by atoms with van der Waals surface area (Å²) in [6, 6.07) is 7.00. The van der Waals surface area contributed by atoms with Gasteiger partial charge in [0.2, 0.25) is 0 Å². The minimum atomic E-state index is -0.161. The zero-order valence-electron chi connectivity index (χ0n) is 12.3. The first-order valence-electron chi connectivity index (χ1n) is 7.47. The average Bonchev–Trinajstić information content (AvgIpc) is 3.34. The molecule has 2 rings (SSSR count). The Hall–Kier alpha value is -1.88. The van der Waals surface area contributed by atoms with Crippen molar-refractivity contribution in [3.8, 4) is 0 Å². The third kappa shape index (κ3) is 4.04. The highest BCUT2D eigenvalue weighted by Crippen LogP contribution is 2.28. The van der Waals surface area contributed by atoms with Crippen LogP contribution in [0.4, 0.5) is 0 Å². The summed E-state index contributed by atoms with van der Waals surface area (Å²) in [4.78, 5) is 26.1. The number of rotatable bonds is 7. The van der Waals surface area contributed by atoms with Crippen LogP contribution < -0.4 is 5.32 Å². The van der Waals surface area contributed by atoms with Crippen molar-refractivity contribution in [1.29, 1.82) is 0 Å².